The summed E-state index contributed by atoms with van der Waals surface area (Å²) in [7, 11) is 1.69. The van der Waals surface area contributed by atoms with E-state index in [1.165, 1.54) is 11.1 Å². The number of nitrogens with one attached hydrogen (secondary N) is 1. The zero-order valence-electron chi connectivity index (χ0n) is 12.9. The molecule has 1 atom stereocenters. The number of likely N-dealkylation sites (N-methyl/N-ethyl adjacent to an activating group) is 1. The molecule has 0 aliphatic carbocycles. The minimum atomic E-state index is 0.168. The summed E-state index contributed by atoms with van der Waals surface area (Å²) in [5, 5.41) is 3.48. The summed E-state index contributed by atoms with van der Waals surface area (Å²) in [6.45, 7) is 5.71. The van der Waals surface area contributed by atoms with Crippen LogP contribution in [-0.2, 0) is 0 Å². The minimum absolute atomic E-state index is 0.168. The zero-order valence-corrected chi connectivity index (χ0v) is 12.9. The molecular formula is C18H23NO2. The molecule has 2 rings (SSSR count). The maximum Gasteiger partial charge on any atom is 0.119 e. The smallest absolute Gasteiger partial charge is 0.119 e. The molecule has 0 spiro atoms. The van der Waals surface area contributed by atoms with Crippen molar-refractivity contribution in [2.75, 3.05) is 20.3 Å². The molecule has 1 N–H and O–H groups in total. The first kappa shape index (κ1) is 15.4. The van der Waals surface area contributed by atoms with Crippen molar-refractivity contribution in [3.05, 3.63) is 59.7 Å². The number of benzene rings is 2. The van der Waals surface area contributed by atoms with E-state index in [4.69, 9.17) is 9.47 Å². The summed E-state index contributed by atoms with van der Waals surface area (Å²) in [5.74, 6) is 1.78. The van der Waals surface area contributed by atoms with Crippen LogP contribution in [0.1, 0.15) is 24.1 Å². The standard InChI is InChI=1S/C18H23NO2/c1-4-19-18(13-21-15-8-6-5-7-9-15)17-11-10-16(20-3)12-14(17)2/h5-12,18-19H,4,13H2,1-3H3. The first-order chi connectivity index (χ1) is 10.2. The van der Waals surface area contributed by atoms with E-state index >= 15 is 0 Å². The van der Waals surface area contributed by atoms with E-state index in [-0.39, 0.29) is 6.04 Å². The van der Waals surface area contributed by atoms with Gasteiger partial charge in [-0.25, -0.2) is 0 Å². The van der Waals surface area contributed by atoms with E-state index in [9.17, 15) is 0 Å². The highest BCUT2D eigenvalue weighted by Crippen LogP contribution is 2.23. The Morgan fingerprint density at radius 2 is 1.81 bits per heavy atom. The number of hydrogen-bond acceptors (Lipinski definition) is 3. The van der Waals surface area contributed by atoms with Crippen LogP contribution in [-0.4, -0.2) is 20.3 Å². The fourth-order valence-electron chi connectivity index (χ4n) is 2.37. The van der Waals surface area contributed by atoms with Gasteiger partial charge in [0.25, 0.3) is 0 Å². The number of methoxy groups -OCH3 is 1. The highest BCUT2D eigenvalue weighted by atomic mass is 16.5. The van der Waals surface area contributed by atoms with Gasteiger partial charge in [0.15, 0.2) is 0 Å². The molecule has 112 valence electrons. The van der Waals surface area contributed by atoms with Gasteiger partial charge in [-0.1, -0.05) is 31.2 Å². The molecule has 3 heteroatoms. The summed E-state index contributed by atoms with van der Waals surface area (Å²) in [6.07, 6.45) is 0. The lowest BCUT2D eigenvalue weighted by molar-refractivity contribution is 0.267. The van der Waals surface area contributed by atoms with Crippen molar-refractivity contribution < 1.29 is 9.47 Å². The first-order valence-corrected chi connectivity index (χ1v) is 7.30. The Kier molecular flexibility index (Phi) is 5.64. The number of hydrogen-bond donors (Lipinski definition) is 1. The van der Waals surface area contributed by atoms with Crippen molar-refractivity contribution in [2.24, 2.45) is 0 Å². The lowest BCUT2D eigenvalue weighted by Gasteiger charge is -2.21. The summed E-state index contributed by atoms with van der Waals surface area (Å²) < 4.78 is 11.2. The third-order valence-corrected chi connectivity index (χ3v) is 3.46. The largest absolute Gasteiger partial charge is 0.497 e. The lowest BCUT2D eigenvalue weighted by Crippen LogP contribution is -2.27. The van der Waals surface area contributed by atoms with Crippen LogP contribution in [0, 0.1) is 6.92 Å². The van der Waals surface area contributed by atoms with E-state index < -0.39 is 0 Å². The van der Waals surface area contributed by atoms with Crippen LogP contribution in [0.2, 0.25) is 0 Å². The number of para-hydroxylation sites is 1. The van der Waals surface area contributed by atoms with Crippen LogP contribution >= 0.6 is 0 Å². The molecule has 0 aromatic heterocycles. The van der Waals surface area contributed by atoms with Crippen molar-refractivity contribution >= 4 is 0 Å². The molecule has 0 heterocycles. The minimum Gasteiger partial charge on any atom is -0.497 e. The summed E-state index contributed by atoms with van der Waals surface area (Å²) in [4.78, 5) is 0. The predicted molar refractivity (Wildman–Crippen MR) is 86.1 cm³/mol. The van der Waals surface area contributed by atoms with Gasteiger partial charge in [0, 0.05) is 0 Å². The van der Waals surface area contributed by atoms with E-state index in [1.807, 2.05) is 36.4 Å². The lowest BCUT2D eigenvalue weighted by atomic mass is 10.0. The molecule has 0 saturated heterocycles. The quantitative estimate of drug-likeness (QED) is 0.840. The highest BCUT2D eigenvalue weighted by molar-refractivity contribution is 5.37. The Hall–Kier alpha value is -2.00. The van der Waals surface area contributed by atoms with Crippen LogP contribution in [0.5, 0.6) is 11.5 Å². The molecule has 2 aromatic carbocycles. The molecule has 1 unspecified atom stereocenters. The molecule has 0 bridgehead atoms. The summed E-state index contributed by atoms with van der Waals surface area (Å²) in [5.41, 5.74) is 2.45. The van der Waals surface area contributed by atoms with Gasteiger partial charge in [-0.15, -0.1) is 0 Å². The highest BCUT2D eigenvalue weighted by Gasteiger charge is 2.14. The van der Waals surface area contributed by atoms with E-state index in [2.05, 4.69) is 31.3 Å². The van der Waals surface area contributed by atoms with Gasteiger partial charge >= 0.3 is 0 Å². The van der Waals surface area contributed by atoms with Gasteiger partial charge in [0.05, 0.1) is 13.2 Å². The van der Waals surface area contributed by atoms with Gasteiger partial charge in [-0.05, 0) is 48.9 Å². The van der Waals surface area contributed by atoms with Gasteiger partial charge in [-0.3, -0.25) is 0 Å². The second-order valence-electron chi connectivity index (χ2n) is 4.96. The summed E-state index contributed by atoms with van der Waals surface area (Å²) >= 11 is 0. The van der Waals surface area contributed by atoms with Gasteiger partial charge in [0.2, 0.25) is 0 Å². The van der Waals surface area contributed by atoms with Gasteiger partial charge < -0.3 is 14.8 Å². The Morgan fingerprint density at radius 1 is 1.05 bits per heavy atom. The average molecular weight is 285 g/mol. The van der Waals surface area contributed by atoms with Crippen LogP contribution in [0.4, 0.5) is 0 Å². The Morgan fingerprint density at radius 3 is 2.43 bits per heavy atom. The molecule has 2 aromatic rings. The van der Waals surface area contributed by atoms with Crippen molar-refractivity contribution in [2.45, 2.75) is 19.9 Å². The van der Waals surface area contributed by atoms with Crippen LogP contribution in [0.15, 0.2) is 48.5 Å². The Bertz CT molecular complexity index is 554. The molecule has 0 amide bonds. The van der Waals surface area contributed by atoms with Crippen molar-refractivity contribution in [3.8, 4) is 11.5 Å². The van der Waals surface area contributed by atoms with Gasteiger partial charge in [-0.2, -0.15) is 0 Å². The topological polar surface area (TPSA) is 30.5 Å². The number of rotatable bonds is 7. The third kappa shape index (κ3) is 4.23. The van der Waals surface area contributed by atoms with E-state index in [1.54, 1.807) is 7.11 Å². The SMILES string of the molecule is CCNC(COc1ccccc1)c1ccc(OC)cc1C. The van der Waals surface area contributed by atoms with Crippen molar-refractivity contribution in [1.29, 1.82) is 0 Å². The van der Waals surface area contributed by atoms with Crippen molar-refractivity contribution in [1.82, 2.24) is 5.32 Å². The molecule has 0 saturated carbocycles. The molecule has 0 aliphatic rings. The van der Waals surface area contributed by atoms with Crippen LogP contribution in [0.3, 0.4) is 0 Å². The third-order valence-electron chi connectivity index (χ3n) is 3.46. The molecular weight excluding hydrogens is 262 g/mol. The van der Waals surface area contributed by atoms with E-state index in [0.29, 0.717) is 6.61 Å². The monoisotopic (exact) mass is 285 g/mol. The predicted octanol–water partition coefficient (Wildman–Crippen LogP) is 3.73. The molecule has 21 heavy (non-hydrogen) atoms. The number of aryl methyl sites for hydroxylation is 1. The average Bonchev–Trinajstić information content (AvgIpc) is 2.52. The normalized spacial score (nSPS) is 12.0. The number of ether oxygens (including phenoxy) is 2. The Labute approximate surface area is 126 Å². The zero-order chi connectivity index (χ0) is 15.1. The first-order valence-electron chi connectivity index (χ1n) is 7.30. The second kappa shape index (κ2) is 7.70. The fourth-order valence-corrected chi connectivity index (χ4v) is 2.37. The van der Waals surface area contributed by atoms with Crippen molar-refractivity contribution in [3.63, 3.8) is 0 Å². The fraction of sp³-hybridized carbons (Fsp3) is 0.333. The van der Waals surface area contributed by atoms with Gasteiger partial charge in [0.1, 0.15) is 18.1 Å². The second-order valence-corrected chi connectivity index (χ2v) is 4.96. The maximum absolute atomic E-state index is 5.89. The van der Waals surface area contributed by atoms with E-state index in [0.717, 1.165) is 18.0 Å². The Balaban J connectivity index is 2.11. The maximum atomic E-state index is 5.89. The summed E-state index contributed by atoms with van der Waals surface area (Å²) in [6, 6.07) is 16.2. The van der Waals surface area contributed by atoms with Crippen LogP contribution in [0.25, 0.3) is 0 Å². The molecule has 0 fully saturated rings. The molecule has 0 radical (unpaired) electrons. The molecule has 0 aliphatic heterocycles. The van der Waals surface area contributed by atoms with Crippen LogP contribution < -0.4 is 14.8 Å². The molecule has 3 nitrogen and oxygen atoms in total.